The molecule has 150 valence electrons. The molecule has 0 saturated carbocycles. The first-order chi connectivity index (χ1) is 14.3. The Kier molecular flexibility index (Phi) is 4.73. The molecule has 0 aliphatic carbocycles. The van der Waals surface area contributed by atoms with Crippen molar-refractivity contribution >= 4 is 0 Å². The fraction of sp³-hybridized carbons (Fsp3) is 0.400. The molecule has 1 saturated heterocycles. The molecule has 0 spiro atoms. The smallest absolute Gasteiger partial charge is 0.267 e. The maximum absolute atomic E-state index is 5.86. The normalized spacial score (nSPS) is 18.7. The molecule has 1 fully saturated rings. The summed E-state index contributed by atoms with van der Waals surface area (Å²) in [5.74, 6) is 3.39. The first-order valence-electron chi connectivity index (χ1n) is 9.59. The summed E-state index contributed by atoms with van der Waals surface area (Å²) >= 11 is 0. The van der Waals surface area contributed by atoms with Gasteiger partial charge in [-0.3, -0.25) is 9.88 Å². The Hall–Kier alpha value is -3.20. The third kappa shape index (κ3) is 3.61. The van der Waals surface area contributed by atoms with Crippen LogP contribution >= 0.6 is 0 Å². The number of methoxy groups -OCH3 is 1. The van der Waals surface area contributed by atoms with Crippen LogP contribution in [0.5, 0.6) is 17.2 Å². The van der Waals surface area contributed by atoms with Gasteiger partial charge in [-0.05, 0) is 30.7 Å². The van der Waals surface area contributed by atoms with E-state index >= 15 is 0 Å². The number of rotatable bonds is 5. The molecule has 2 aliphatic rings. The Morgan fingerprint density at radius 1 is 1.17 bits per heavy atom. The fourth-order valence-corrected chi connectivity index (χ4v) is 3.77. The van der Waals surface area contributed by atoms with Gasteiger partial charge in [0.25, 0.3) is 5.89 Å². The lowest BCUT2D eigenvalue weighted by Gasteiger charge is -2.23. The van der Waals surface area contributed by atoms with E-state index in [1.54, 1.807) is 25.7 Å². The van der Waals surface area contributed by atoms with Crippen molar-refractivity contribution in [3.8, 4) is 28.8 Å². The van der Waals surface area contributed by atoms with Crippen molar-refractivity contribution in [1.82, 2.24) is 25.1 Å². The first-order valence-corrected chi connectivity index (χ1v) is 9.59. The number of aromatic nitrogens is 4. The van der Waals surface area contributed by atoms with E-state index in [9.17, 15) is 0 Å². The lowest BCUT2D eigenvalue weighted by molar-refractivity contribution is 0.164. The molecule has 2 aromatic heterocycles. The summed E-state index contributed by atoms with van der Waals surface area (Å²) < 4.78 is 22.8. The third-order valence-electron chi connectivity index (χ3n) is 5.14. The number of likely N-dealkylation sites (tertiary alicyclic amines) is 1. The minimum atomic E-state index is 0.201. The molecule has 9 heteroatoms. The highest BCUT2D eigenvalue weighted by atomic mass is 16.6. The van der Waals surface area contributed by atoms with Crippen LogP contribution in [0, 0.1) is 0 Å². The van der Waals surface area contributed by atoms with Crippen LogP contribution in [0.4, 0.5) is 0 Å². The van der Waals surface area contributed by atoms with E-state index in [1.165, 1.54) is 0 Å². The molecular formula is C20H21N5O4. The van der Waals surface area contributed by atoms with Gasteiger partial charge >= 0.3 is 0 Å². The van der Waals surface area contributed by atoms with E-state index < -0.39 is 0 Å². The summed E-state index contributed by atoms with van der Waals surface area (Å²) in [5, 5.41) is 8.36. The minimum absolute atomic E-state index is 0.201. The molecule has 5 rings (SSSR count). The maximum Gasteiger partial charge on any atom is 0.267 e. The van der Waals surface area contributed by atoms with Crippen LogP contribution in [0.2, 0.25) is 0 Å². The van der Waals surface area contributed by atoms with Gasteiger partial charge in [-0.15, -0.1) is 10.2 Å². The lowest BCUT2D eigenvalue weighted by atomic mass is 10.1. The van der Waals surface area contributed by atoms with Crippen LogP contribution in [0.15, 0.2) is 35.1 Å². The zero-order valence-corrected chi connectivity index (χ0v) is 16.1. The van der Waals surface area contributed by atoms with Gasteiger partial charge in [-0.2, -0.15) is 0 Å². The molecule has 9 nitrogen and oxygen atoms in total. The molecule has 2 aliphatic heterocycles. The van der Waals surface area contributed by atoms with Crippen LogP contribution in [-0.4, -0.2) is 58.5 Å². The largest absolute Gasteiger partial charge is 0.493 e. The maximum atomic E-state index is 5.86. The minimum Gasteiger partial charge on any atom is -0.493 e. The molecule has 4 heterocycles. The van der Waals surface area contributed by atoms with Crippen LogP contribution in [0.25, 0.3) is 11.6 Å². The van der Waals surface area contributed by atoms with Crippen LogP contribution in [0.1, 0.15) is 23.8 Å². The Bertz CT molecular complexity index is 977. The van der Waals surface area contributed by atoms with E-state index in [4.69, 9.17) is 18.6 Å². The monoisotopic (exact) mass is 395 g/mol. The van der Waals surface area contributed by atoms with Crippen molar-refractivity contribution in [1.29, 1.82) is 0 Å². The highest BCUT2D eigenvalue weighted by Crippen LogP contribution is 2.41. The number of fused-ring (bicyclic) bond motifs is 1. The molecular weight excluding hydrogens is 374 g/mol. The average molecular weight is 395 g/mol. The molecule has 1 atom stereocenters. The van der Waals surface area contributed by atoms with E-state index in [2.05, 4.69) is 25.1 Å². The fourth-order valence-electron chi connectivity index (χ4n) is 3.77. The number of hydrogen-bond donors (Lipinski definition) is 0. The summed E-state index contributed by atoms with van der Waals surface area (Å²) in [4.78, 5) is 10.6. The number of benzene rings is 1. The molecule has 3 aromatic rings. The van der Waals surface area contributed by atoms with Crippen molar-refractivity contribution in [2.75, 3.05) is 33.4 Å². The van der Waals surface area contributed by atoms with Gasteiger partial charge in [0.1, 0.15) is 18.9 Å². The molecule has 1 unspecified atom stereocenters. The van der Waals surface area contributed by atoms with Gasteiger partial charge < -0.3 is 18.6 Å². The SMILES string of the molecule is COc1cc(CN2CCC(c3nnc(-c4cnccn4)o3)C2)cc2c1OCCO2. The molecule has 0 bridgehead atoms. The summed E-state index contributed by atoms with van der Waals surface area (Å²) in [6.45, 7) is 3.67. The summed E-state index contributed by atoms with van der Waals surface area (Å²) in [7, 11) is 1.65. The zero-order valence-electron chi connectivity index (χ0n) is 16.1. The highest BCUT2D eigenvalue weighted by Gasteiger charge is 2.29. The topological polar surface area (TPSA) is 95.6 Å². The average Bonchev–Trinajstić information content (AvgIpc) is 3.43. The summed E-state index contributed by atoms with van der Waals surface area (Å²) in [6, 6.07) is 4.04. The molecule has 1 aromatic carbocycles. The first kappa shape index (κ1) is 17.9. The van der Waals surface area contributed by atoms with Gasteiger partial charge in [-0.1, -0.05) is 0 Å². The second-order valence-electron chi connectivity index (χ2n) is 7.08. The third-order valence-corrected chi connectivity index (χ3v) is 5.14. The van der Waals surface area contributed by atoms with E-state index in [-0.39, 0.29) is 5.92 Å². The van der Waals surface area contributed by atoms with Crippen LogP contribution in [0.3, 0.4) is 0 Å². The number of nitrogens with zero attached hydrogens (tertiary/aromatic N) is 5. The van der Waals surface area contributed by atoms with Gasteiger partial charge in [0.2, 0.25) is 11.6 Å². The van der Waals surface area contributed by atoms with Gasteiger partial charge in [-0.25, -0.2) is 4.98 Å². The lowest BCUT2D eigenvalue weighted by Crippen LogP contribution is -2.21. The van der Waals surface area contributed by atoms with Crippen molar-refractivity contribution in [3.63, 3.8) is 0 Å². The quantitative estimate of drug-likeness (QED) is 0.645. The Labute approximate surface area is 167 Å². The van der Waals surface area contributed by atoms with Crippen molar-refractivity contribution in [2.45, 2.75) is 18.9 Å². The molecule has 0 radical (unpaired) electrons. The second kappa shape index (κ2) is 7.67. The number of ether oxygens (including phenoxy) is 3. The Morgan fingerprint density at radius 3 is 2.97 bits per heavy atom. The van der Waals surface area contributed by atoms with Crippen LogP contribution in [-0.2, 0) is 6.54 Å². The van der Waals surface area contributed by atoms with Crippen LogP contribution < -0.4 is 14.2 Å². The Balaban J connectivity index is 1.28. The van der Waals surface area contributed by atoms with E-state index in [1.807, 2.05) is 12.1 Å². The molecule has 0 N–H and O–H groups in total. The summed E-state index contributed by atoms with van der Waals surface area (Å²) in [5.41, 5.74) is 1.71. The van der Waals surface area contributed by atoms with Crippen molar-refractivity contribution < 1.29 is 18.6 Å². The predicted octanol–water partition coefficient (Wildman–Crippen LogP) is 2.30. The standard InChI is InChI=1S/C20H21N5O4/c1-26-16-8-13(9-17-18(16)28-7-6-27-17)11-25-5-2-14(12-25)19-23-24-20(29-19)15-10-21-3-4-22-15/h3-4,8-10,14H,2,5-7,11-12H2,1H3. The van der Waals surface area contributed by atoms with E-state index in [0.29, 0.717) is 42.2 Å². The summed E-state index contributed by atoms with van der Waals surface area (Å²) in [6.07, 6.45) is 5.80. The molecule has 0 amide bonds. The molecule has 29 heavy (non-hydrogen) atoms. The van der Waals surface area contributed by atoms with Gasteiger partial charge in [0, 0.05) is 25.5 Å². The highest BCUT2D eigenvalue weighted by molar-refractivity contribution is 5.54. The van der Waals surface area contributed by atoms with E-state index in [0.717, 1.165) is 37.4 Å². The Morgan fingerprint density at radius 2 is 2.10 bits per heavy atom. The van der Waals surface area contributed by atoms with Crippen molar-refractivity contribution in [2.24, 2.45) is 0 Å². The zero-order chi connectivity index (χ0) is 19.6. The predicted molar refractivity (Wildman–Crippen MR) is 102 cm³/mol. The number of hydrogen-bond acceptors (Lipinski definition) is 9. The van der Waals surface area contributed by atoms with Crippen molar-refractivity contribution in [3.05, 3.63) is 42.2 Å². The second-order valence-corrected chi connectivity index (χ2v) is 7.08. The van der Waals surface area contributed by atoms with Gasteiger partial charge in [0.15, 0.2) is 11.5 Å². The van der Waals surface area contributed by atoms with Gasteiger partial charge in [0.05, 0.1) is 19.2 Å².